The van der Waals surface area contributed by atoms with Crippen molar-refractivity contribution in [1.82, 2.24) is 0 Å². The number of carbonyl (C=O) groups excluding carboxylic acids is 4. The molecule has 19 heteroatoms. The normalized spacial score (nSPS) is 15.3. The summed E-state index contributed by atoms with van der Waals surface area (Å²) in [6, 6.07) is 0. The SMILES string of the molecule is CCC(C)CCCCCCCCCCCCC(=O)O[C@H](COC(=O)CCCCCCCCCCC(C)CC)COP(=O)(O)OC[C@@H](O)COP(=O)(O)OC[C@@H](COC(=O)CCCCCCCCC(C)C)OC(=O)CCCCCCCCCCC(C)CC. The number of rotatable bonds is 65. The van der Waals surface area contributed by atoms with Gasteiger partial charge in [0.2, 0.25) is 0 Å². The van der Waals surface area contributed by atoms with Crippen LogP contribution in [-0.4, -0.2) is 96.7 Å². The van der Waals surface area contributed by atoms with E-state index in [-0.39, 0.29) is 25.7 Å². The lowest BCUT2D eigenvalue weighted by atomic mass is 9.99. The fourth-order valence-electron chi connectivity index (χ4n) is 10.0. The van der Waals surface area contributed by atoms with Gasteiger partial charge in [0.05, 0.1) is 26.4 Å². The van der Waals surface area contributed by atoms with E-state index in [0.717, 1.165) is 114 Å². The van der Waals surface area contributed by atoms with Crippen molar-refractivity contribution in [3.05, 3.63) is 0 Å². The molecule has 5 unspecified atom stereocenters. The van der Waals surface area contributed by atoms with Crippen molar-refractivity contribution >= 4 is 39.5 Å². The second-order valence-electron chi connectivity index (χ2n) is 25.8. The second kappa shape index (κ2) is 57.9. The lowest BCUT2D eigenvalue weighted by Crippen LogP contribution is -2.30. The molecule has 0 spiro atoms. The van der Waals surface area contributed by atoms with Crippen LogP contribution in [0.15, 0.2) is 0 Å². The van der Waals surface area contributed by atoms with Crippen molar-refractivity contribution in [3.63, 3.8) is 0 Å². The first-order valence-corrected chi connectivity index (χ1v) is 38.3. The molecule has 0 aliphatic rings. The van der Waals surface area contributed by atoms with Crippen LogP contribution in [0.1, 0.15) is 331 Å². The molecular formula is C68H132O17P2. The molecule has 8 atom stereocenters. The number of phosphoric ester groups is 2. The topological polar surface area (TPSA) is 237 Å². The molecule has 0 aromatic carbocycles. The number of aliphatic hydroxyl groups is 1. The van der Waals surface area contributed by atoms with E-state index in [9.17, 15) is 43.2 Å². The number of hydrogen-bond acceptors (Lipinski definition) is 15. The molecule has 0 saturated heterocycles. The average molecular weight is 1280 g/mol. The molecule has 0 bridgehead atoms. The summed E-state index contributed by atoms with van der Waals surface area (Å²) in [4.78, 5) is 72.4. The minimum Gasteiger partial charge on any atom is -0.462 e. The Morgan fingerprint density at radius 2 is 0.552 bits per heavy atom. The first-order chi connectivity index (χ1) is 41.7. The summed E-state index contributed by atoms with van der Waals surface area (Å²) < 4.78 is 68.2. The zero-order valence-corrected chi connectivity index (χ0v) is 58.4. The molecule has 0 aromatic heterocycles. The van der Waals surface area contributed by atoms with E-state index in [1.54, 1.807) is 0 Å². The summed E-state index contributed by atoms with van der Waals surface area (Å²) in [5, 5.41) is 10.6. The molecule has 0 heterocycles. The summed E-state index contributed by atoms with van der Waals surface area (Å²) in [7, 11) is -9.90. The smallest absolute Gasteiger partial charge is 0.462 e. The van der Waals surface area contributed by atoms with Gasteiger partial charge in [0.1, 0.15) is 19.3 Å². The van der Waals surface area contributed by atoms with Crippen LogP contribution >= 0.6 is 15.6 Å². The van der Waals surface area contributed by atoms with Gasteiger partial charge in [0.15, 0.2) is 12.2 Å². The van der Waals surface area contributed by atoms with Crippen molar-refractivity contribution < 1.29 is 80.2 Å². The maximum Gasteiger partial charge on any atom is 0.472 e. The maximum absolute atomic E-state index is 13.0. The van der Waals surface area contributed by atoms with Gasteiger partial charge in [0, 0.05) is 25.7 Å². The van der Waals surface area contributed by atoms with Crippen LogP contribution in [0.2, 0.25) is 0 Å². The van der Waals surface area contributed by atoms with Gasteiger partial charge in [-0.15, -0.1) is 0 Å². The molecule has 0 saturated carbocycles. The highest BCUT2D eigenvalue weighted by atomic mass is 31.2. The van der Waals surface area contributed by atoms with E-state index in [4.69, 9.17) is 37.0 Å². The largest absolute Gasteiger partial charge is 0.472 e. The molecular weight excluding hydrogens is 1150 g/mol. The Balaban J connectivity index is 5.27. The van der Waals surface area contributed by atoms with Gasteiger partial charge in [-0.3, -0.25) is 37.3 Å². The number of hydrogen-bond donors (Lipinski definition) is 3. The quantitative estimate of drug-likeness (QED) is 0.0222. The number of ether oxygens (including phenoxy) is 4. The lowest BCUT2D eigenvalue weighted by Gasteiger charge is -2.21. The van der Waals surface area contributed by atoms with E-state index >= 15 is 0 Å². The number of carbonyl (C=O) groups is 4. The standard InChI is InChI=1S/C68H132O17P2/c1-9-59(6)45-37-29-20-14-12-13-15-24-34-42-50-67(72)84-63(54-78-65(70)48-40-32-23-18-16-21-30-38-46-60(7)10-2)56-82-86(74,75)80-52-62(69)53-81-87(76,77)83-57-64(55-79-66(71)49-41-33-27-26-28-36-44-58(4)5)85-68(73)51-43-35-25-19-17-22-31-39-47-61(8)11-3/h58-64,69H,9-57H2,1-8H3,(H,74,75)(H,76,77)/t59?,60?,61?,62-,63-,64-/m1/s1. The minimum absolute atomic E-state index is 0.103. The Hall–Kier alpha value is -1.94. The first-order valence-electron chi connectivity index (χ1n) is 35.3. The predicted octanol–water partition coefficient (Wildman–Crippen LogP) is 18.9. The van der Waals surface area contributed by atoms with Crippen molar-refractivity contribution in [3.8, 4) is 0 Å². The summed E-state index contributed by atoms with van der Waals surface area (Å²) in [6.45, 7) is 14.1. The summed E-state index contributed by atoms with van der Waals surface area (Å²) in [5.41, 5.74) is 0. The number of phosphoric acid groups is 2. The molecule has 0 radical (unpaired) electrons. The van der Waals surface area contributed by atoms with E-state index in [2.05, 4.69) is 55.4 Å². The molecule has 17 nitrogen and oxygen atoms in total. The highest BCUT2D eigenvalue weighted by Crippen LogP contribution is 2.45. The molecule has 87 heavy (non-hydrogen) atoms. The van der Waals surface area contributed by atoms with Crippen molar-refractivity contribution in [1.29, 1.82) is 0 Å². The molecule has 0 rings (SSSR count). The van der Waals surface area contributed by atoms with Crippen LogP contribution in [0.5, 0.6) is 0 Å². The lowest BCUT2D eigenvalue weighted by molar-refractivity contribution is -0.161. The number of aliphatic hydroxyl groups excluding tert-OH is 1. The monoisotopic (exact) mass is 1280 g/mol. The van der Waals surface area contributed by atoms with Crippen molar-refractivity contribution in [2.75, 3.05) is 39.6 Å². The third-order valence-electron chi connectivity index (χ3n) is 16.7. The van der Waals surface area contributed by atoms with Gasteiger partial charge in [-0.1, -0.05) is 280 Å². The molecule has 0 aliphatic heterocycles. The van der Waals surface area contributed by atoms with Gasteiger partial charge < -0.3 is 33.8 Å². The van der Waals surface area contributed by atoms with Gasteiger partial charge in [-0.05, 0) is 49.4 Å². The fraction of sp³-hybridized carbons (Fsp3) is 0.941. The molecule has 0 fully saturated rings. The van der Waals surface area contributed by atoms with Gasteiger partial charge in [-0.2, -0.15) is 0 Å². The summed E-state index contributed by atoms with van der Waals surface area (Å²) in [6.07, 6.45) is 38.9. The Kier molecular flexibility index (Phi) is 56.6. The third kappa shape index (κ3) is 58.9. The molecule has 0 aliphatic carbocycles. The summed E-state index contributed by atoms with van der Waals surface area (Å²) >= 11 is 0. The van der Waals surface area contributed by atoms with E-state index < -0.39 is 97.5 Å². The average Bonchev–Trinajstić information content (AvgIpc) is 3.55. The molecule has 3 N–H and O–H groups in total. The zero-order valence-electron chi connectivity index (χ0n) is 56.6. The van der Waals surface area contributed by atoms with Crippen LogP contribution in [0, 0.1) is 23.7 Å². The van der Waals surface area contributed by atoms with Crippen LogP contribution in [-0.2, 0) is 65.4 Å². The summed E-state index contributed by atoms with van der Waals surface area (Å²) in [5.74, 6) is 0.894. The predicted molar refractivity (Wildman–Crippen MR) is 349 cm³/mol. The van der Waals surface area contributed by atoms with Crippen molar-refractivity contribution in [2.45, 2.75) is 350 Å². The maximum atomic E-state index is 13.0. The highest BCUT2D eigenvalue weighted by molar-refractivity contribution is 7.47. The molecule has 0 amide bonds. The first kappa shape index (κ1) is 85.1. The fourth-order valence-corrected chi connectivity index (χ4v) is 11.6. The van der Waals surface area contributed by atoms with E-state index in [0.29, 0.717) is 31.6 Å². The second-order valence-corrected chi connectivity index (χ2v) is 28.7. The van der Waals surface area contributed by atoms with E-state index in [1.165, 1.54) is 128 Å². The number of esters is 4. The van der Waals surface area contributed by atoms with Crippen LogP contribution < -0.4 is 0 Å². The Morgan fingerprint density at radius 3 is 0.816 bits per heavy atom. The molecule has 0 aromatic rings. The van der Waals surface area contributed by atoms with Gasteiger partial charge in [-0.25, -0.2) is 9.13 Å². The van der Waals surface area contributed by atoms with Crippen LogP contribution in [0.25, 0.3) is 0 Å². The van der Waals surface area contributed by atoms with Crippen molar-refractivity contribution in [2.24, 2.45) is 23.7 Å². The van der Waals surface area contributed by atoms with Crippen LogP contribution in [0.4, 0.5) is 0 Å². The zero-order chi connectivity index (χ0) is 64.7. The minimum atomic E-state index is -4.95. The molecule has 516 valence electrons. The Labute approximate surface area is 530 Å². The Morgan fingerprint density at radius 1 is 0.322 bits per heavy atom. The third-order valence-corrected chi connectivity index (χ3v) is 18.6. The van der Waals surface area contributed by atoms with Gasteiger partial charge in [0.25, 0.3) is 0 Å². The van der Waals surface area contributed by atoms with Gasteiger partial charge >= 0.3 is 39.5 Å². The number of unbranched alkanes of at least 4 members (excludes halogenated alkanes) is 28. The van der Waals surface area contributed by atoms with E-state index in [1.807, 2.05) is 0 Å². The highest BCUT2D eigenvalue weighted by Gasteiger charge is 2.30. The van der Waals surface area contributed by atoms with Crippen LogP contribution in [0.3, 0.4) is 0 Å². The Bertz CT molecular complexity index is 1740.